The molecule has 2 aromatic carbocycles. The van der Waals surface area contributed by atoms with E-state index in [4.69, 9.17) is 4.74 Å². The summed E-state index contributed by atoms with van der Waals surface area (Å²) in [6, 6.07) is 16.3. The number of benzene rings is 2. The molecule has 0 radical (unpaired) electrons. The fourth-order valence-electron chi connectivity index (χ4n) is 3.31. The van der Waals surface area contributed by atoms with Crippen molar-refractivity contribution in [3.05, 3.63) is 59.7 Å². The molecule has 1 fully saturated rings. The summed E-state index contributed by atoms with van der Waals surface area (Å²) < 4.78 is 5.22. The number of nitrogens with one attached hydrogen (secondary N) is 1. The number of hydrogen-bond acceptors (Lipinski definition) is 3. The van der Waals surface area contributed by atoms with Gasteiger partial charge in [-0.2, -0.15) is 0 Å². The second kappa shape index (κ2) is 7.49. The van der Waals surface area contributed by atoms with Crippen molar-refractivity contribution in [2.45, 2.75) is 25.8 Å². The molecule has 3 rings (SSSR count). The first-order chi connectivity index (χ1) is 11.7. The molecule has 0 aromatic heterocycles. The summed E-state index contributed by atoms with van der Waals surface area (Å²) in [6.45, 7) is 3.38. The lowest BCUT2D eigenvalue weighted by Crippen LogP contribution is -2.33. The lowest BCUT2D eigenvalue weighted by Gasteiger charge is -2.24. The summed E-state index contributed by atoms with van der Waals surface area (Å²) in [5, 5.41) is 3.03. The summed E-state index contributed by atoms with van der Waals surface area (Å²) in [5.74, 6) is 0.908. The molecule has 126 valence electrons. The number of amides is 1. The van der Waals surface area contributed by atoms with Crippen molar-refractivity contribution in [2.24, 2.45) is 0 Å². The number of ether oxygens (including phenoxy) is 1. The van der Waals surface area contributed by atoms with Gasteiger partial charge in [-0.05, 0) is 55.6 Å². The molecule has 1 N–H and O–H groups in total. The minimum absolute atomic E-state index is 0.0460. The quantitative estimate of drug-likeness (QED) is 0.910. The van der Waals surface area contributed by atoms with Crippen molar-refractivity contribution in [1.29, 1.82) is 0 Å². The van der Waals surface area contributed by atoms with Crippen LogP contribution in [0.3, 0.4) is 0 Å². The maximum Gasteiger partial charge on any atom is 0.238 e. The van der Waals surface area contributed by atoms with Gasteiger partial charge in [0.05, 0.1) is 13.7 Å². The monoisotopic (exact) mass is 324 g/mol. The van der Waals surface area contributed by atoms with E-state index >= 15 is 0 Å². The minimum Gasteiger partial charge on any atom is -0.497 e. The highest BCUT2D eigenvalue weighted by molar-refractivity contribution is 5.93. The fourth-order valence-corrected chi connectivity index (χ4v) is 3.31. The van der Waals surface area contributed by atoms with Gasteiger partial charge in [0.2, 0.25) is 5.91 Å². The van der Waals surface area contributed by atoms with Crippen LogP contribution in [0.4, 0.5) is 5.69 Å². The Balaban J connectivity index is 1.65. The molecule has 0 bridgehead atoms. The third-order valence-corrected chi connectivity index (χ3v) is 4.63. The van der Waals surface area contributed by atoms with Crippen LogP contribution in [0.2, 0.25) is 0 Å². The maximum atomic E-state index is 12.4. The first-order valence-corrected chi connectivity index (χ1v) is 8.41. The van der Waals surface area contributed by atoms with Crippen molar-refractivity contribution in [2.75, 3.05) is 25.5 Å². The third kappa shape index (κ3) is 3.77. The first-order valence-electron chi connectivity index (χ1n) is 8.41. The number of nitrogens with zero attached hydrogens (tertiary/aromatic N) is 1. The Hall–Kier alpha value is -2.33. The van der Waals surface area contributed by atoms with E-state index in [0.29, 0.717) is 12.6 Å². The van der Waals surface area contributed by atoms with Crippen molar-refractivity contribution < 1.29 is 9.53 Å². The van der Waals surface area contributed by atoms with E-state index in [1.54, 1.807) is 7.11 Å². The molecule has 0 aliphatic carbocycles. The van der Waals surface area contributed by atoms with Gasteiger partial charge >= 0.3 is 0 Å². The van der Waals surface area contributed by atoms with E-state index in [-0.39, 0.29) is 5.91 Å². The SMILES string of the molecule is COc1ccc(C2CCCN2CC(=O)Nc2ccccc2C)cc1. The van der Waals surface area contributed by atoms with E-state index in [0.717, 1.165) is 36.4 Å². The Kier molecular flexibility index (Phi) is 5.16. The zero-order valence-corrected chi connectivity index (χ0v) is 14.3. The van der Waals surface area contributed by atoms with Crippen LogP contribution in [-0.4, -0.2) is 31.0 Å². The second-order valence-electron chi connectivity index (χ2n) is 6.26. The van der Waals surface area contributed by atoms with Crippen LogP contribution in [0.25, 0.3) is 0 Å². The molecule has 2 aromatic rings. The summed E-state index contributed by atoms with van der Waals surface area (Å²) >= 11 is 0. The molecule has 4 heteroatoms. The van der Waals surface area contributed by atoms with Gasteiger partial charge in [0.1, 0.15) is 5.75 Å². The Labute approximate surface area is 143 Å². The Bertz CT molecular complexity index is 697. The van der Waals surface area contributed by atoms with Crippen LogP contribution in [0.5, 0.6) is 5.75 Å². The molecule has 1 aliphatic rings. The number of anilines is 1. The number of aryl methyl sites for hydroxylation is 1. The second-order valence-corrected chi connectivity index (χ2v) is 6.26. The summed E-state index contributed by atoms with van der Waals surface area (Å²) in [6.07, 6.45) is 2.21. The van der Waals surface area contributed by atoms with Crippen LogP contribution in [0.1, 0.15) is 30.0 Å². The van der Waals surface area contributed by atoms with Gasteiger partial charge in [0, 0.05) is 11.7 Å². The molecule has 1 amide bonds. The van der Waals surface area contributed by atoms with Gasteiger partial charge in [-0.15, -0.1) is 0 Å². The molecule has 0 saturated carbocycles. The van der Waals surface area contributed by atoms with Gasteiger partial charge in [0.15, 0.2) is 0 Å². The van der Waals surface area contributed by atoms with Crippen molar-refractivity contribution in [3.8, 4) is 5.75 Å². The van der Waals surface area contributed by atoms with E-state index in [2.05, 4.69) is 22.3 Å². The number of para-hydroxylation sites is 1. The molecule has 1 atom stereocenters. The lowest BCUT2D eigenvalue weighted by atomic mass is 10.0. The number of rotatable bonds is 5. The molecular formula is C20H24N2O2. The summed E-state index contributed by atoms with van der Waals surface area (Å²) in [5.41, 5.74) is 3.22. The molecule has 1 unspecified atom stereocenters. The molecule has 24 heavy (non-hydrogen) atoms. The average molecular weight is 324 g/mol. The van der Waals surface area contributed by atoms with E-state index < -0.39 is 0 Å². The molecular weight excluding hydrogens is 300 g/mol. The van der Waals surface area contributed by atoms with Crippen molar-refractivity contribution in [1.82, 2.24) is 4.90 Å². The molecule has 1 saturated heterocycles. The van der Waals surface area contributed by atoms with E-state index in [1.165, 1.54) is 5.56 Å². The van der Waals surface area contributed by atoms with Crippen LogP contribution in [-0.2, 0) is 4.79 Å². The normalized spacial score (nSPS) is 17.7. The van der Waals surface area contributed by atoms with Crippen LogP contribution >= 0.6 is 0 Å². The van der Waals surface area contributed by atoms with Crippen molar-refractivity contribution >= 4 is 11.6 Å². The lowest BCUT2D eigenvalue weighted by molar-refractivity contribution is -0.117. The van der Waals surface area contributed by atoms with Crippen LogP contribution in [0, 0.1) is 6.92 Å². The standard InChI is InChI=1S/C20H24N2O2/c1-15-6-3-4-7-18(15)21-20(23)14-22-13-5-8-19(22)16-9-11-17(24-2)12-10-16/h3-4,6-7,9-12,19H,5,8,13-14H2,1-2H3,(H,21,23). The summed E-state index contributed by atoms with van der Waals surface area (Å²) in [7, 11) is 1.67. The molecule has 1 aliphatic heterocycles. The number of likely N-dealkylation sites (tertiary alicyclic amines) is 1. The number of carbonyl (C=O) groups is 1. The number of hydrogen-bond donors (Lipinski definition) is 1. The maximum absolute atomic E-state index is 12.4. The number of carbonyl (C=O) groups excluding carboxylic acids is 1. The van der Waals surface area contributed by atoms with Crippen molar-refractivity contribution in [3.63, 3.8) is 0 Å². The zero-order chi connectivity index (χ0) is 16.9. The smallest absolute Gasteiger partial charge is 0.238 e. The molecule has 4 nitrogen and oxygen atoms in total. The van der Waals surface area contributed by atoms with Gasteiger partial charge in [-0.1, -0.05) is 30.3 Å². The van der Waals surface area contributed by atoms with E-state index in [1.807, 2.05) is 43.3 Å². The van der Waals surface area contributed by atoms with E-state index in [9.17, 15) is 4.79 Å². The van der Waals surface area contributed by atoms with Gasteiger partial charge in [-0.25, -0.2) is 0 Å². The fraction of sp³-hybridized carbons (Fsp3) is 0.350. The Morgan fingerprint density at radius 3 is 2.67 bits per heavy atom. The Morgan fingerprint density at radius 2 is 1.96 bits per heavy atom. The Morgan fingerprint density at radius 1 is 1.21 bits per heavy atom. The predicted molar refractivity (Wildman–Crippen MR) is 96.4 cm³/mol. The highest BCUT2D eigenvalue weighted by Crippen LogP contribution is 2.32. The third-order valence-electron chi connectivity index (χ3n) is 4.63. The molecule has 0 spiro atoms. The first kappa shape index (κ1) is 16.5. The largest absolute Gasteiger partial charge is 0.497 e. The average Bonchev–Trinajstić information content (AvgIpc) is 3.05. The van der Waals surface area contributed by atoms with Gasteiger partial charge in [0.25, 0.3) is 0 Å². The topological polar surface area (TPSA) is 41.6 Å². The van der Waals surface area contributed by atoms with Gasteiger partial charge in [-0.3, -0.25) is 9.69 Å². The highest BCUT2D eigenvalue weighted by Gasteiger charge is 2.27. The zero-order valence-electron chi connectivity index (χ0n) is 14.3. The predicted octanol–water partition coefficient (Wildman–Crippen LogP) is 3.78. The molecule has 1 heterocycles. The van der Waals surface area contributed by atoms with Crippen LogP contribution < -0.4 is 10.1 Å². The minimum atomic E-state index is 0.0460. The summed E-state index contributed by atoms with van der Waals surface area (Å²) in [4.78, 5) is 14.7. The number of methoxy groups -OCH3 is 1. The highest BCUT2D eigenvalue weighted by atomic mass is 16.5. The van der Waals surface area contributed by atoms with Crippen LogP contribution in [0.15, 0.2) is 48.5 Å². The van der Waals surface area contributed by atoms with Gasteiger partial charge < -0.3 is 10.1 Å².